The van der Waals surface area contributed by atoms with E-state index in [1.165, 1.54) is 17.2 Å². The number of hydrogen-bond donors (Lipinski definition) is 3. The Morgan fingerprint density at radius 3 is 1.96 bits per heavy atom. The average Bonchev–Trinajstić information content (AvgIpc) is 3.49. The number of methoxy groups -OCH3 is 2. The lowest BCUT2D eigenvalue weighted by atomic mass is 9.80. The van der Waals surface area contributed by atoms with Crippen molar-refractivity contribution < 1.29 is 33.6 Å². The molecule has 4 atom stereocenters. The van der Waals surface area contributed by atoms with Crippen LogP contribution in [-0.2, 0) is 15.1 Å². The van der Waals surface area contributed by atoms with Crippen LogP contribution < -0.4 is 20.5 Å². The number of carbonyl (C=O) groups is 2. The van der Waals surface area contributed by atoms with Gasteiger partial charge in [0.05, 0.1) is 26.9 Å². The van der Waals surface area contributed by atoms with Crippen molar-refractivity contribution in [3.05, 3.63) is 144 Å². The summed E-state index contributed by atoms with van der Waals surface area (Å²) >= 11 is 0. The van der Waals surface area contributed by atoms with Gasteiger partial charge in [0.2, 0.25) is 5.78 Å². The second kappa shape index (κ2) is 13.4. The fourth-order valence-electron chi connectivity index (χ4n) is 6.05. The van der Waals surface area contributed by atoms with Crippen molar-refractivity contribution in [1.29, 1.82) is 0 Å². The van der Waals surface area contributed by atoms with E-state index in [0.717, 1.165) is 16.7 Å². The van der Waals surface area contributed by atoms with E-state index in [2.05, 4.69) is 5.32 Å². The molecule has 0 radical (unpaired) electrons. The predicted octanol–water partition coefficient (Wildman–Crippen LogP) is 4.57. The van der Waals surface area contributed by atoms with Gasteiger partial charge in [0.15, 0.2) is 5.66 Å². The van der Waals surface area contributed by atoms with Crippen molar-refractivity contribution in [3.63, 3.8) is 0 Å². The number of benzene rings is 4. The minimum Gasteiger partial charge on any atom is -0.497 e. The molecule has 1 saturated heterocycles. The number of aliphatic hydroxyl groups is 1. The Kier molecular flexibility index (Phi) is 9.10. The van der Waals surface area contributed by atoms with Gasteiger partial charge in [-0.05, 0) is 47.0 Å². The summed E-state index contributed by atoms with van der Waals surface area (Å²) in [6.45, 7) is -0.0168. The van der Waals surface area contributed by atoms with Gasteiger partial charge in [-0.2, -0.15) is 0 Å². The zero-order chi connectivity index (χ0) is 33.0. The smallest absolute Gasteiger partial charge is 0.325 e. The van der Waals surface area contributed by atoms with Crippen molar-refractivity contribution in [3.8, 4) is 11.5 Å². The molecule has 2 aliphatic rings. The van der Waals surface area contributed by atoms with Crippen molar-refractivity contribution in [2.75, 3.05) is 20.8 Å². The van der Waals surface area contributed by atoms with E-state index >= 15 is 0 Å². The summed E-state index contributed by atoms with van der Waals surface area (Å²) in [7, 11) is 3.22. The highest BCUT2D eigenvalue weighted by Crippen LogP contribution is 2.42. The number of nitrogens with zero attached hydrogens (tertiary/aromatic N) is 1. The van der Waals surface area contributed by atoms with Gasteiger partial charge in [-0.1, -0.05) is 84.9 Å². The molecule has 2 amide bonds. The fraction of sp³-hybridized carbons (Fsp3) is 0.243. The van der Waals surface area contributed by atoms with E-state index in [0.29, 0.717) is 17.1 Å². The lowest BCUT2D eigenvalue weighted by Gasteiger charge is -2.37. The Morgan fingerprint density at radius 2 is 1.43 bits per heavy atom. The standard InChI is InChI=1S/C37H37N3O7/c1-44-29-17-13-27(14-18-29)37(26-11-7-4-8-12-26,28-15-19-30(45-2)20-16-28)46-24-32-31(41)23-33(47-32)40-22-21-36(38,39-35(40)43)34(42)25-9-5-3-6-10-25/h3-22,31-33,41H,23-24,38H2,1-2H3,(H,39,43)/t31-,32+,33+,36?/m0/s1. The number of Topliss-reactive ketones (excluding diaryl/α,β-unsaturated/α-hetero) is 1. The number of amides is 2. The topological polar surface area (TPSA) is 133 Å². The Morgan fingerprint density at radius 1 is 0.894 bits per heavy atom. The summed E-state index contributed by atoms with van der Waals surface area (Å²) in [5.41, 5.74) is 6.38. The molecule has 4 aromatic rings. The second-order valence-corrected chi connectivity index (χ2v) is 11.5. The van der Waals surface area contributed by atoms with E-state index < -0.39 is 41.5 Å². The monoisotopic (exact) mass is 635 g/mol. The number of nitrogens with one attached hydrogen (secondary N) is 1. The number of aliphatic hydroxyl groups excluding tert-OH is 1. The van der Waals surface area contributed by atoms with E-state index in [1.807, 2.05) is 78.9 Å². The molecule has 4 N–H and O–H groups in total. The second-order valence-electron chi connectivity index (χ2n) is 11.5. The minimum absolute atomic E-state index is 0.0168. The van der Waals surface area contributed by atoms with Crippen LogP contribution in [-0.4, -0.2) is 66.7 Å². The Bertz CT molecular complexity index is 1670. The molecule has 242 valence electrons. The van der Waals surface area contributed by atoms with Crippen LogP contribution >= 0.6 is 0 Å². The number of hydrogen-bond acceptors (Lipinski definition) is 8. The van der Waals surface area contributed by atoms with E-state index in [1.54, 1.807) is 44.6 Å². The largest absolute Gasteiger partial charge is 0.497 e. The molecular formula is C37H37N3O7. The summed E-state index contributed by atoms with van der Waals surface area (Å²) in [5.74, 6) is 0.945. The molecule has 1 fully saturated rings. The predicted molar refractivity (Wildman–Crippen MR) is 175 cm³/mol. The molecule has 0 aromatic heterocycles. The minimum atomic E-state index is -1.72. The number of nitrogens with two attached hydrogens (primary N) is 1. The molecule has 0 aliphatic carbocycles. The highest BCUT2D eigenvalue weighted by atomic mass is 16.6. The van der Waals surface area contributed by atoms with Gasteiger partial charge in [0.25, 0.3) is 0 Å². The van der Waals surface area contributed by atoms with Crippen LogP contribution in [0, 0.1) is 0 Å². The summed E-state index contributed by atoms with van der Waals surface area (Å²) < 4.78 is 24.0. The third-order valence-electron chi connectivity index (χ3n) is 8.61. The molecule has 2 aliphatic heterocycles. The molecule has 47 heavy (non-hydrogen) atoms. The highest BCUT2D eigenvalue weighted by molar-refractivity contribution is 6.06. The molecule has 0 saturated carbocycles. The summed E-state index contributed by atoms with van der Waals surface area (Å²) in [4.78, 5) is 27.6. The maximum atomic E-state index is 13.2. The molecular weight excluding hydrogens is 598 g/mol. The Balaban J connectivity index is 1.27. The zero-order valence-electron chi connectivity index (χ0n) is 26.1. The average molecular weight is 636 g/mol. The van der Waals surface area contributed by atoms with Crippen LogP contribution in [0.5, 0.6) is 11.5 Å². The van der Waals surface area contributed by atoms with Gasteiger partial charge in [0, 0.05) is 18.2 Å². The van der Waals surface area contributed by atoms with Gasteiger partial charge in [-0.3, -0.25) is 15.4 Å². The maximum Gasteiger partial charge on any atom is 0.325 e. The van der Waals surface area contributed by atoms with Crippen LogP contribution in [0.1, 0.15) is 33.5 Å². The van der Waals surface area contributed by atoms with Crippen molar-refractivity contribution in [1.82, 2.24) is 10.2 Å². The number of ether oxygens (including phenoxy) is 4. The van der Waals surface area contributed by atoms with Gasteiger partial charge in [-0.25, -0.2) is 4.79 Å². The van der Waals surface area contributed by atoms with Gasteiger partial charge < -0.3 is 29.4 Å². The Hall–Kier alpha value is -5.00. The third-order valence-corrected chi connectivity index (χ3v) is 8.61. The van der Waals surface area contributed by atoms with Crippen LogP contribution in [0.2, 0.25) is 0 Å². The molecule has 1 unspecified atom stereocenters. The van der Waals surface area contributed by atoms with Gasteiger partial charge in [-0.15, -0.1) is 0 Å². The molecule has 0 bridgehead atoms. The van der Waals surface area contributed by atoms with Crippen LogP contribution in [0.25, 0.3) is 0 Å². The van der Waals surface area contributed by atoms with Crippen LogP contribution in [0.3, 0.4) is 0 Å². The highest BCUT2D eigenvalue weighted by Gasteiger charge is 2.46. The summed E-state index contributed by atoms with van der Waals surface area (Å²) in [6, 6.07) is 33.0. The van der Waals surface area contributed by atoms with E-state index in [-0.39, 0.29) is 13.0 Å². The maximum absolute atomic E-state index is 13.2. The molecule has 10 heteroatoms. The molecule has 2 heterocycles. The third kappa shape index (κ3) is 6.24. The van der Waals surface area contributed by atoms with E-state index in [4.69, 9.17) is 24.7 Å². The summed E-state index contributed by atoms with van der Waals surface area (Å²) in [5, 5.41) is 13.8. The first-order chi connectivity index (χ1) is 22.8. The molecule has 0 spiro atoms. The first kappa shape index (κ1) is 32.0. The Labute approximate surface area is 273 Å². The first-order valence-electron chi connectivity index (χ1n) is 15.3. The SMILES string of the molecule is COc1ccc(C(OC[C@H]2O[C@@H](N3C=CC(N)(C(=O)c4ccccc4)NC3=O)C[C@@H]2O)(c2ccccc2)c2ccc(OC)cc2)cc1. The van der Waals surface area contributed by atoms with Gasteiger partial charge in [0.1, 0.15) is 29.4 Å². The first-order valence-corrected chi connectivity index (χ1v) is 15.3. The zero-order valence-corrected chi connectivity index (χ0v) is 26.1. The molecule has 6 rings (SSSR count). The van der Waals surface area contributed by atoms with Crippen molar-refractivity contribution >= 4 is 11.8 Å². The molecule has 4 aromatic carbocycles. The van der Waals surface area contributed by atoms with Crippen molar-refractivity contribution in [2.24, 2.45) is 5.73 Å². The van der Waals surface area contributed by atoms with Gasteiger partial charge >= 0.3 is 6.03 Å². The number of carbonyl (C=O) groups excluding carboxylic acids is 2. The fourth-order valence-corrected chi connectivity index (χ4v) is 6.05. The summed E-state index contributed by atoms with van der Waals surface area (Å²) in [6.07, 6.45) is 0.437. The number of rotatable bonds is 11. The normalized spacial score (nSPS) is 22.5. The lowest BCUT2D eigenvalue weighted by molar-refractivity contribution is -0.0978. The lowest BCUT2D eigenvalue weighted by Crippen LogP contribution is -2.65. The molecule has 10 nitrogen and oxygen atoms in total. The quantitative estimate of drug-likeness (QED) is 0.161. The van der Waals surface area contributed by atoms with E-state index in [9.17, 15) is 14.7 Å². The van der Waals surface area contributed by atoms with Crippen LogP contribution in [0.15, 0.2) is 121 Å². The van der Waals surface area contributed by atoms with Crippen molar-refractivity contribution in [2.45, 2.75) is 36.1 Å². The number of urea groups is 1. The number of ketones is 1. The van der Waals surface area contributed by atoms with Crippen LogP contribution in [0.4, 0.5) is 4.79 Å².